The number of anilines is 1. The number of thioether (sulfide) groups is 1. The average molecular weight is 399 g/mol. The van der Waals surface area contributed by atoms with E-state index in [1.54, 1.807) is 12.1 Å². The van der Waals surface area contributed by atoms with Crippen LogP contribution in [-0.2, 0) is 14.8 Å². The van der Waals surface area contributed by atoms with E-state index in [-0.39, 0.29) is 12.5 Å². The molecule has 2 rings (SSSR count). The highest BCUT2D eigenvalue weighted by molar-refractivity contribution is 7.99. The molecule has 146 valence electrons. The van der Waals surface area contributed by atoms with E-state index in [2.05, 4.69) is 19.2 Å². The van der Waals surface area contributed by atoms with Gasteiger partial charge in [-0.25, -0.2) is 8.42 Å². The molecular formula is C19H30N2O3S2. The third-order valence-electron chi connectivity index (χ3n) is 4.62. The molecule has 0 bridgehead atoms. The number of nitrogens with one attached hydrogen (secondary N) is 1. The lowest BCUT2D eigenvalue weighted by Gasteiger charge is -2.22. The van der Waals surface area contributed by atoms with Crippen molar-refractivity contribution in [2.75, 3.05) is 29.4 Å². The molecule has 0 spiro atoms. The minimum absolute atomic E-state index is 0.187. The lowest BCUT2D eigenvalue weighted by molar-refractivity contribution is -0.119. The number of hydrogen-bond acceptors (Lipinski definition) is 4. The van der Waals surface area contributed by atoms with E-state index < -0.39 is 10.0 Å². The largest absolute Gasteiger partial charge is 0.354 e. The fourth-order valence-corrected chi connectivity index (χ4v) is 5.16. The SMILES string of the molecule is CC(C)c1ccc(N(CC(=O)NCCSC2CCCC2)S(C)(=O)=O)cc1. The maximum absolute atomic E-state index is 12.2. The van der Waals surface area contributed by atoms with Crippen LogP contribution in [0, 0.1) is 0 Å². The van der Waals surface area contributed by atoms with Gasteiger partial charge in [-0.15, -0.1) is 0 Å². The summed E-state index contributed by atoms with van der Waals surface area (Å²) in [4.78, 5) is 12.2. The van der Waals surface area contributed by atoms with Gasteiger partial charge in [-0.3, -0.25) is 9.10 Å². The van der Waals surface area contributed by atoms with Crippen molar-refractivity contribution >= 4 is 33.4 Å². The van der Waals surface area contributed by atoms with E-state index in [4.69, 9.17) is 0 Å². The Labute approximate surface area is 162 Å². The van der Waals surface area contributed by atoms with Gasteiger partial charge in [0.15, 0.2) is 0 Å². The number of carbonyl (C=O) groups is 1. The van der Waals surface area contributed by atoms with Gasteiger partial charge in [-0.2, -0.15) is 11.8 Å². The van der Waals surface area contributed by atoms with Crippen molar-refractivity contribution in [2.24, 2.45) is 0 Å². The molecule has 1 aliphatic rings. The molecule has 1 aromatic carbocycles. The lowest BCUT2D eigenvalue weighted by Crippen LogP contribution is -2.41. The zero-order chi connectivity index (χ0) is 19.2. The summed E-state index contributed by atoms with van der Waals surface area (Å²) in [6.07, 6.45) is 6.29. The summed E-state index contributed by atoms with van der Waals surface area (Å²) >= 11 is 1.90. The van der Waals surface area contributed by atoms with E-state index in [0.717, 1.165) is 27.1 Å². The molecule has 1 aromatic rings. The molecule has 0 aromatic heterocycles. The second kappa shape index (κ2) is 9.65. The van der Waals surface area contributed by atoms with Crippen molar-refractivity contribution < 1.29 is 13.2 Å². The third kappa shape index (κ3) is 6.50. The standard InChI is InChI=1S/C19H30N2O3S2/c1-15(2)16-8-10-17(11-9-16)21(26(3,23)24)14-19(22)20-12-13-25-18-6-4-5-7-18/h8-11,15,18H,4-7,12-14H2,1-3H3,(H,20,22). The Morgan fingerprint density at radius 3 is 2.38 bits per heavy atom. The predicted octanol–water partition coefficient (Wildman–Crippen LogP) is 3.37. The van der Waals surface area contributed by atoms with Crippen molar-refractivity contribution in [2.45, 2.75) is 50.7 Å². The van der Waals surface area contributed by atoms with Gasteiger partial charge >= 0.3 is 0 Å². The van der Waals surface area contributed by atoms with Crippen LogP contribution in [0.1, 0.15) is 51.0 Å². The third-order valence-corrected chi connectivity index (χ3v) is 7.14. The predicted molar refractivity (Wildman–Crippen MR) is 110 cm³/mol. The second-order valence-corrected chi connectivity index (χ2v) is 10.5. The van der Waals surface area contributed by atoms with E-state index in [0.29, 0.717) is 18.2 Å². The van der Waals surface area contributed by atoms with E-state index in [9.17, 15) is 13.2 Å². The topological polar surface area (TPSA) is 66.5 Å². The maximum Gasteiger partial charge on any atom is 0.240 e. The average Bonchev–Trinajstić information content (AvgIpc) is 3.09. The Balaban J connectivity index is 1.89. The van der Waals surface area contributed by atoms with E-state index >= 15 is 0 Å². The highest BCUT2D eigenvalue weighted by Gasteiger charge is 2.21. The molecule has 1 amide bonds. The first-order chi connectivity index (χ1) is 12.3. The van der Waals surface area contributed by atoms with Crippen LogP contribution < -0.4 is 9.62 Å². The molecule has 26 heavy (non-hydrogen) atoms. The minimum Gasteiger partial charge on any atom is -0.354 e. The maximum atomic E-state index is 12.2. The van der Waals surface area contributed by atoms with Gasteiger partial charge in [0.2, 0.25) is 15.9 Å². The summed E-state index contributed by atoms with van der Waals surface area (Å²) in [5.41, 5.74) is 1.66. The molecule has 7 heteroatoms. The van der Waals surface area contributed by atoms with Crippen molar-refractivity contribution in [1.29, 1.82) is 0 Å². The van der Waals surface area contributed by atoms with Crippen LogP contribution in [-0.4, -0.2) is 44.7 Å². The van der Waals surface area contributed by atoms with Crippen LogP contribution in [0.3, 0.4) is 0 Å². The lowest BCUT2D eigenvalue weighted by atomic mass is 10.0. The first-order valence-electron chi connectivity index (χ1n) is 9.23. The summed E-state index contributed by atoms with van der Waals surface area (Å²) in [7, 11) is -3.52. The molecular weight excluding hydrogens is 368 g/mol. The number of hydrogen-bond donors (Lipinski definition) is 1. The van der Waals surface area contributed by atoms with Gasteiger partial charge in [0, 0.05) is 17.5 Å². The number of sulfonamides is 1. The van der Waals surface area contributed by atoms with Gasteiger partial charge in [-0.1, -0.05) is 38.8 Å². The van der Waals surface area contributed by atoms with Crippen molar-refractivity contribution in [3.8, 4) is 0 Å². The quantitative estimate of drug-likeness (QED) is 0.648. The molecule has 5 nitrogen and oxygen atoms in total. The molecule has 1 N–H and O–H groups in total. The zero-order valence-electron chi connectivity index (χ0n) is 15.9. The van der Waals surface area contributed by atoms with Crippen LogP contribution in [0.5, 0.6) is 0 Å². The Morgan fingerprint density at radius 2 is 1.85 bits per heavy atom. The summed E-state index contributed by atoms with van der Waals surface area (Å²) in [5.74, 6) is 0.977. The minimum atomic E-state index is -3.52. The van der Waals surface area contributed by atoms with Gasteiger partial charge in [-0.05, 0) is 36.5 Å². The van der Waals surface area contributed by atoms with Gasteiger partial charge in [0.1, 0.15) is 6.54 Å². The highest BCUT2D eigenvalue weighted by Crippen LogP contribution is 2.28. The number of carbonyl (C=O) groups excluding carboxylic acids is 1. The fraction of sp³-hybridized carbons (Fsp3) is 0.632. The molecule has 0 aliphatic heterocycles. The van der Waals surface area contributed by atoms with Crippen molar-refractivity contribution in [1.82, 2.24) is 5.32 Å². The number of rotatable bonds is 9. The van der Waals surface area contributed by atoms with Crippen LogP contribution in [0.15, 0.2) is 24.3 Å². The van der Waals surface area contributed by atoms with Crippen LogP contribution in [0.4, 0.5) is 5.69 Å². The molecule has 0 unspecified atom stereocenters. The Hall–Kier alpha value is -1.21. The highest BCUT2D eigenvalue weighted by atomic mass is 32.2. The van der Waals surface area contributed by atoms with E-state index in [1.165, 1.54) is 25.7 Å². The van der Waals surface area contributed by atoms with Crippen LogP contribution in [0.2, 0.25) is 0 Å². The molecule has 0 heterocycles. The van der Waals surface area contributed by atoms with Crippen LogP contribution in [0.25, 0.3) is 0 Å². The second-order valence-electron chi connectivity index (χ2n) is 7.14. The van der Waals surface area contributed by atoms with Crippen molar-refractivity contribution in [3.05, 3.63) is 29.8 Å². The summed E-state index contributed by atoms with van der Waals surface area (Å²) in [6.45, 7) is 4.55. The summed E-state index contributed by atoms with van der Waals surface area (Å²) in [5, 5.41) is 3.56. The molecule has 1 fully saturated rings. The van der Waals surface area contributed by atoms with Gasteiger partial charge in [0.25, 0.3) is 0 Å². The van der Waals surface area contributed by atoms with Crippen LogP contribution >= 0.6 is 11.8 Å². The first-order valence-corrected chi connectivity index (χ1v) is 12.1. The molecule has 0 atom stereocenters. The number of benzene rings is 1. The monoisotopic (exact) mass is 398 g/mol. The zero-order valence-corrected chi connectivity index (χ0v) is 17.5. The molecule has 0 radical (unpaired) electrons. The molecule has 1 saturated carbocycles. The Morgan fingerprint density at radius 1 is 1.23 bits per heavy atom. The number of nitrogens with zero attached hydrogens (tertiary/aromatic N) is 1. The summed E-state index contributed by atoms with van der Waals surface area (Å²) < 4.78 is 25.4. The van der Waals surface area contributed by atoms with Gasteiger partial charge < -0.3 is 5.32 Å². The molecule has 0 saturated heterocycles. The Kier molecular flexibility index (Phi) is 7.83. The fourth-order valence-electron chi connectivity index (χ4n) is 3.08. The summed E-state index contributed by atoms with van der Waals surface area (Å²) in [6, 6.07) is 7.35. The van der Waals surface area contributed by atoms with E-state index in [1.807, 2.05) is 23.9 Å². The smallest absolute Gasteiger partial charge is 0.240 e. The Bertz CT molecular complexity index is 681. The normalized spacial score (nSPS) is 15.4. The van der Waals surface area contributed by atoms with Crippen molar-refractivity contribution in [3.63, 3.8) is 0 Å². The van der Waals surface area contributed by atoms with Gasteiger partial charge in [0.05, 0.1) is 11.9 Å². The first kappa shape index (κ1) is 21.1. The number of amides is 1. The molecule has 1 aliphatic carbocycles.